The number of nitrogens with one attached hydrogen (secondary N) is 1. The van der Waals surface area contributed by atoms with Crippen LogP contribution in [0.4, 0.5) is 4.79 Å². The van der Waals surface area contributed by atoms with E-state index in [2.05, 4.69) is 34.5 Å². The van der Waals surface area contributed by atoms with Gasteiger partial charge in [-0.3, -0.25) is 4.90 Å². The molecular formula is C21H27N3O2. The van der Waals surface area contributed by atoms with Gasteiger partial charge in [-0.2, -0.15) is 0 Å². The van der Waals surface area contributed by atoms with Gasteiger partial charge in [-0.05, 0) is 23.1 Å². The van der Waals surface area contributed by atoms with Crippen molar-refractivity contribution in [2.75, 3.05) is 32.8 Å². The number of carbonyl (C=O) groups is 1. The highest BCUT2D eigenvalue weighted by Crippen LogP contribution is 2.17. The maximum absolute atomic E-state index is 12.5. The zero-order valence-electron chi connectivity index (χ0n) is 15.1. The summed E-state index contributed by atoms with van der Waals surface area (Å²) in [6.07, 6.45) is 1.06. The summed E-state index contributed by atoms with van der Waals surface area (Å²) in [5.74, 6) is 0. The standard InChI is InChI=1S/C21H27N3O2/c25-15-14-24(16-18-6-2-1-3-7-18)21(26)22-11-13-23-12-10-19-8-4-5-9-20(19)17-23/h1-9,25H,10-17H2,(H,22,26). The highest BCUT2D eigenvalue weighted by molar-refractivity contribution is 5.74. The second kappa shape index (κ2) is 9.36. The molecule has 0 unspecified atom stereocenters. The molecule has 0 spiro atoms. The molecule has 1 aliphatic heterocycles. The first-order chi connectivity index (χ1) is 12.8. The summed E-state index contributed by atoms with van der Waals surface area (Å²) in [4.78, 5) is 16.5. The maximum Gasteiger partial charge on any atom is 0.317 e. The number of nitrogens with zero attached hydrogens (tertiary/aromatic N) is 2. The molecule has 5 heteroatoms. The molecule has 0 bridgehead atoms. The number of amides is 2. The highest BCUT2D eigenvalue weighted by Gasteiger charge is 2.17. The van der Waals surface area contributed by atoms with Gasteiger partial charge in [-0.1, -0.05) is 54.6 Å². The Kier molecular flexibility index (Phi) is 6.63. The lowest BCUT2D eigenvalue weighted by Gasteiger charge is -2.29. The molecule has 0 radical (unpaired) electrons. The summed E-state index contributed by atoms with van der Waals surface area (Å²) < 4.78 is 0. The van der Waals surface area contributed by atoms with Crippen molar-refractivity contribution in [2.45, 2.75) is 19.5 Å². The normalized spacial score (nSPS) is 13.9. The van der Waals surface area contributed by atoms with Crippen molar-refractivity contribution in [3.05, 3.63) is 71.3 Å². The summed E-state index contributed by atoms with van der Waals surface area (Å²) >= 11 is 0. The number of benzene rings is 2. The summed E-state index contributed by atoms with van der Waals surface area (Å²) in [7, 11) is 0. The average molecular weight is 353 g/mol. The van der Waals surface area contributed by atoms with E-state index in [9.17, 15) is 9.90 Å². The van der Waals surface area contributed by atoms with E-state index in [1.54, 1.807) is 4.90 Å². The lowest BCUT2D eigenvalue weighted by atomic mass is 10.00. The van der Waals surface area contributed by atoms with Gasteiger partial charge >= 0.3 is 6.03 Å². The van der Waals surface area contributed by atoms with Crippen LogP contribution >= 0.6 is 0 Å². The van der Waals surface area contributed by atoms with E-state index >= 15 is 0 Å². The zero-order chi connectivity index (χ0) is 18.2. The molecule has 0 aliphatic carbocycles. The van der Waals surface area contributed by atoms with Gasteiger partial charge in [0.1, 0.15) is 0 Å². The van der Waals surface area contributed by atoms with Gasteiger partial charge in [0.2, 0.25) is 0 Å². The number of urea groups is 1. The van der Waals surface area contributed by atoms with E-state index in [1.165, 1.54) is 11.1 Å². The molecule has 2 amide bonds. The van der Waals surface area contributed by atoms with Gasteiger partial charge in [-0.15, -0.1) is 0 Å². The van der Waals surface area contributed by atoms with E-state index in [-0.39, 0.29) is 12.6 Å². The maximum atomic E-state index is 12.5. The summed E-state index contributed by atoms with van der Waals surface area (Å²) in [6, 6.07) is 18.3. The molecule has 138 valence electrons. The summed E-state index contributed by atoms with van der Waals surface area (Å²) in [5.41, 5.74) is 3.88. The van der Waals surface area contributed by atoms with Gasteiger partial charge in [0.25, 0.3) is 0 Å². The van der Waals surface area contributed by atoms with Gasteiger partial charge in [-0.25, -0.2) is 4.79 Å². The van der Waals surface area contributed by atoms with Crippen molar-refractivity contribution in [3.63, 3.8) is 0 Å². The largest absolute Gasteiger partial charge is 0.395 e. The molecule has 0 saturated heterocycles. The average Bonchev–Trinajstić information content (AvgIpc) is 2.68. The smallest absolute Gasteiger partial charge is 0.317 e. The minimum absolute atomic E-state index is 0.0385. The molecule has 0 saturated carbocycles. The molecule has 3 rings (SSSR count). The third-order valence-corrected chi connectivity index (χ3v) is 4.79. The monoisotopic (exact) mass is 353 g/mol. The van der Waals surface area contributed by atoms with Gasteiger partial charge < -0.3 is 15.3 Å². The molecule has 1 heterocycles. The first-order valence-corrected chi connectivity index (χ1v) is 9.23. The van der Waals surface area contributed by atoms with Crippen molar-refractivity contribution in [1.82, 2.24) is 15.1 Å². The Hall–Kier alpha value is -2.37. The molecule has 0 atom stereocenters. The molecule has 26 heavy (non-hydrogen) atoms. The number of hydrogen-bond donors (Lipinski definition) is 2. The predicted octanol–water partition coefficient (Wildman–Crippen LogP) is 2.25. The Morgan fingerprint density at radius 1 is 1.08 bits per heavy atom. The number of hydrogen-bond acceptors (Lipinski definition) is 3. The fourth-order valence-electron chi connectivity index (χ4n) is 3.35. The fraction of sp³-hybridized carbons (Fsp3) is 0.381. The first kappa shape index (κ1) is 18.4. The molecule has 2 N–H and O–H groups in total. The van der Waals surface area contributed by atoms with Crippen molar-refractivity contribution in [1.29, 1.82) is 0 Å². The van der Waals surface area contributed by atoms with Crippen LogP contribution in [0.5, 0.6) is 0 Å². The van der Waals surface area contributed by atoms with Crippen molar-refractivity contribution in [2.24, 2.45) is 0 Å². The van der Waals surface area contributed by atoms with Crippen LogP contribution in [0.2, 0.25) is 0 Å². The first-order valence-electron chi connectivity index (χ1n) is 9.23. The predicted molar refractivity (Wildman–Crippen MR) is 103 cm³/mol. The number of aliphatic hydroxyl groups is 1. The van der Waals surface area contributed by atoms with Crippen LogP contribution in [0.25, 0.3) is 0 Å². The second-order valence-corrected chi connectivity index (χ2v) is 6.66. The van der Waals surface area contributed by atoms with Gasteiger partial charge in [0.05, 0.1) is 6.61 Å². The number of rotatable bonds is 7. The van der Waals surface area contributed by atoms with E-state index in [1.807, 2.05) is 30.3 Å². The number of aliphatic hydroxyl groups excluding tert-OH is 1. The lowest BCUT2D eigenvalue weighted by molar-refractivity contribution is 0.171. The third-order valence-electron chi connectivity index (χ3n) is 4.79. The molecule has 5 nitrogen and oxygen atoms in total. The highest BCUT2D eigenvalue weighted by atomic mass is 16.3. The van der Waals surface area contributed by atoms with Crippen molar-refractivity contribution < 1.29 is 9.90 Å². The van der Waals surface area contributed by atoms with Gasteiger partial charge in [0, 0.05) is 39.3 Å². The van der Waals surface area contributed by atoms with Crippen LogP contribution in [-0.2, 0) is 19.5 Å². The van der Waals surface area contributed by atoms with Crippen molar-refractivity contribution in [3.8, 4) is 0 Å². The molecule has 1 aliphatic rings. The second-order valence-electron chi connectivity index (χ2n) is 6.66. The Morgan fingerprint density at radius 2 is 1.81 bits per heavy atom. The summed E-state index contributed by atoms with van der Waals surface area (Å²) in [6.45, 7) is 4.20. The van der Waals surface area contributed by atoms with Crippen LogP contribution in [0.1, 0.15) is 16.7 Å². The SMILES string of the molecule is O=C(NCCN1CCc2ccccc2C1)N(CCO)Cc1ccccc1. The fourth-order valence-corrected chi connectivity index (χ4v) is 3.35. The minimum atomic E-state index is -0.125. The Balaban J connectivity index is 1.46. The van der Waals surface area contributed by atoms with Crippen LogP contribution in [0.3, 0.4) is 0 Å². The quantitative estimate of drug-likeness (QED) is 0.803. The zero-order valence-corrected chi connectivity index (χ0v) is 15.1. The van der Waals surface area contributed by atoms with Crippen molar-refractivity contribution >= 4 is 6.03 Å². The molecule has 2 aromatic carbocycles. The van der Waals surface area contributed by atoms with Crippen LogP contribution in [0.15, 0.2) is 54.6 Å². The van der Waals surface area contributed by atoms with E-state index < -0.39 is 0 Å². The van der Waals surface area contributed by atoms with E-state index in [4.69, 9.17) is 0 Å². The van der Waals surface area contributed by atoms with E-state index in [0.29, 0.717) is 19.6 Å². The Morgan fingerprint density at radius 3 is 2.58 bits per heavy atom. The lowest BCUT2D eigenvalue weighted by Crippen LogP contribution is -2.44. The van der Waals surface area contributed by atoms with Crippen LogP contribution in [0, 0.1) is 0 Å². The van der Waals surface area contributed by atoms with E-state index in [0.717, 1.165) is 31.6 Å². The molecule has 0 aromatic heterocycles. The Bertz CT molecular complexity index is 705. The molecule has 0 fully saturated rings. The topological polar surface area (TPSA) is 55.8 Å². The van der Waals surface area contributed by atoms with Gasteiger partial charge in [0.15, 0.2) is 0 Å². The number of carbonyl (C=O) groups excluding carboxylic acids is 1. The minimum Gasteiger partial charge on any atom is -0.395 e. The van der Waals surface area contributed by atoms with Crippen LogP contribution in [-0.4, -0.2) is 53.7 Å². The number of fused-ring (bicyclic) bond motifs is 1. The molecule has 2 aromatic rings. The third kappa shape index (κ3) is 5.07. The Labute approximate surface area is 155 Å². The van der Waals surface area contributed by atoms with Crippen LogP contribution < -0.4 is 5.32 Å². The summed E-state index contributed by atoms with van der Waals surface area (Å²) in [5, 5.41) is 12.2. The molecular weight excluding hydrogens is 326 g/mol.